The Balaban J connectivity index is 2.22. The van der Waals surface area contributed by atoms with Crippen LogP contribution in [0, 0.1) is 0 Å². The van der Waals surface area contributed by atoms with Crippen LogP contribution in [0.1, 0.15) is 31.9 Å². The number of nitrogens with one attached hydrogen (secondary N) is 1. The van der Waals surface area contributed by atoms with Gasteiger partial charge in [0.05, 0.1) is 6.20 Å². The van der Waals surface area contributed by atoms with Crippen LogP contribution in [0.4, 0.5) is 0 Å². The number of hydrogen-bond donors (Lipinski definition) is 1. The Hall–Kier alpha value is -0.780. The summed E-state index contributed by atoms with van der Waals surface area (Å²) in [5.74, 6) is 0. The molecule has 0 saturated carbocycles. The summed E-state index contributed by atoms with van der Waals surface area (Å²) < 4.78 is 6.37. The summed E-state index contributed by atoms with van der Waals surface area (Å²) >= 11 is 5.07. The predicted octanol–water partition coefficient (Wildman–Crippen LogP) is 4.65. The topological polar surface area (TPSA) is 38.1 Å². The number of nitrogens with zero attached hydrogens (tertiary/aromatic N) is 1. The first-order chi connectivity index (χ1) is 9.20. The number of hydrogen-bond acceptors (Lipinski definition) is 4. The Morgan fingerprint density at radius 2 is 2.32 bits per heavy atom. The van der Waals surface area contributed by atoms with E-state index in [0.717, 1.165) is 22.3 Å². The van der Waals surface area contributed by atoms with Crippen LogP contribution in [0.3, 0.4) is 0 Å². The molecule has 0 aliphatic rings. The second-order valence-corrected chi connectivity index (χ2v) is 6.17. The van der Waals surface area contributed by atoms with Gasteiger partial charge in [0, 0.05) is 15.4 Å². The number of halogens is 1. The van der Waals surface area contributed by atoms with Crippen molar-refractivity contribution in [2.45, 2.75) is 36.4 Å². The second kappa shape index (κ2) is 7.12. The average molecular weight is 341 g/mol. The van der Waals surface area contributed by atoms with Gasteiger partial charge in [-0.3, -0.25) is 0 Å². The molecule has 5 heteroatoms. The minimum absolute atomic E-state index is 0.311. The molecule has 1 heterocycles. The van der Waals surface area contributed by atoms with E-state index >= 15 is 0 Å². The lowest BCUT2D eigenvalue weighted by Gasteiger charge is -2.17. The van der Waals surface area contributed by atoms with Gasteiger partial charge in [-0.2, -0.15) is 0 Å². The van der Waals surface area contributed by atoms with E-state index in [1.54, 1.807) is 24.2 Å². The fourth-order valence-electron chi connectivity index (χ4n) is 1.78. The maximum atomic E-state index is 5.31. The van der Waals surface area contributed by atoms with Crippen LogP contribution in [-0.2, 0) is 0 Å². The molecule has 1 N–H and O–H groups in total. The quantitative estimate of drug-likeness (QED) is 0.830. The molecular formula is C14H17BrN2OS. The van der Waals surface area contributed by atoms with E-state index in [0.29, 0.717) is 11.3 Å². The number of aromatic nitrogens is 1. The molecular weight excluding hydrogens is 324 g/mol. The Morgan fingerprint density at radius 3 is 3.00 bits per heavy atom. The van der Waals surface area contributed by atoms with E-state index in [1.807, 2.05) is 0 Å². The summed E-state index contributed by atoms with van der Waals surface area (Å²) in [6.07, 6.45) is 4.39. The Morgan fingerprint density at radius 1 is 1.47 bits per heavy atom. The molecule has 2 rings (SSSR count). The molecule has 3 nitrogen and oxygen atoms in total. The Bertz CT molecular complexity index is 516. The molecule has 1 aromatic heterocycles. The zero-order chi connectivity index (χ0) is 13.7. The first-order valence-electron chi connectivity index (χ1n) is 6.31. The van der Waals surface area contributed by atoms with Gasteiger partial charge in [0.25, 0.3) is 5.22 Å². The normalized spacial score (nSPS) is 12.6. The molecule has 0 aliphatic heterocycles. The van der Waals surface area contributed by atoms with Gasteiger partial charge in [-0.1, -0.05) is 28.9 Å². The van der Waals surface area contributed by atoms with Gasteiger partial charge in [0.2, 0.25) is 0 Å². The van der Waals surface area contributed by atoms with E-state index in [2.05, 4.69) is 58.3 Å². The summed E-state index contributed by atoms with van der Waals surface area (Å²) in [5, 5.41) is 4.18. The van der Waals surface area contributed by atoms with E-state index in [1.165, 1.54) is 5.56 Å². The summed E-state index contributed by atoms with van der Waals surface area (Å²) in [6.45, 7) is 5.36. The van der Waals surface area contributed by atoms with Crippen molar-refractivity contribution in [1.82, 2.24) is 10.3 Å². The molecule has 0 radical (unpaired) electrons. The monoisotopic (exact) mass is 340 g/mol. The minimum atomic E-state index is 0.311. The molecule has 0 saturated heterocycles. The fourth-order valence-corrected chi connectivity index (χ4v) is 3.25. The zero-order valence-corrected chi connectivity index (χ0v) is 13.4. The number of rotatable bonds is 6. The highest BCUT2D eigenvalue weighted by molar-refractivity contribution is 9.10. The SMILES string of the molecule is CCCNC(C)c1ccc(Br)cc1Sc1ncco1. The van der Waals surface area contributed by atoms with Gasteiger partial charge >= 0.3 is 0 Å². The lowest BCUT2D eigenvalue weighted by molar-refractivity contribution is 0.454. The molecule has 1 aromatic carbocycles. The van der Waals surface area contributed by atoms with Gasteiger partial charge in [-0.15, -0.1) is 0 Å². The number of benzene rings is 1. The summed E-state index contributed by atoms with van der Waals surface area (Å²) in [7, 11) is 0. The number of oxazole rings is 1. The Kier molecular flexibility index (Phi) is 5.48. The van der Waals surface area contributed by atoms with E-state index in [-0.39, 0.29) is 0 Å². The van der Waals surface area contributed by atoms with Crippen molar-refractivity contribution < 1.29 is 4.42 Å². The highest BCUT2D eigenvalue weighted by Gasteiger charge is 2.13. The molecule has 0 aliphatic carbocycles. The van der Waals surface area contributed by atoms with E-state index < -0.39 is 0 Å². The van der Waals surface area contributed by atoms with Gasteiger partial charge < -0.3 is 9.73 Å². The first kappa shape index (κ1) is 14.6. The van der Waals surface area contributed by atoms with E-state index in [4.69, 9.17) is 4.42 Å². The third kappa shape index (κ3) is 4.09. The third-order valence-corrected chi connectivity index (χ3v) is 4.19. The molecule has 1 atom stereocenters. The lowest BCUT2D eigenvalue weighted by Crippen LogP contribution is -2.19. The van der Waals surface area contributed by atoms with Gasteiger partial charge in [-0.05, 0) is 49.3 Å². The maximum absolute atomic E-state index is 5.31. The predicted molar refractivity (Wildman–Crippen MR) is 81.5 cm³/mol. The largest absolute Gasteiger partial charge is 0.440 e. The lowest BCUT2D eigenvalue weighted by atomic mass is 10.1. The Labute approximate surface area is 126 Å². The fraction of sp³-hybridized carbons (Fsp3) is 0.357. The van der Waals surface area contributed by atoms with Crippen molar-refractivity contribution in [1.29, 1.82) is 0 Å². The molecule has 0 bridgehead atoms. The van der Waals surface area contributed by atoms with Crippen molar-refractivity contribution in [3.8, 4) is 0 Å². The summed E-state index contributed by atoms with van der Waals surface area (Å²) in [5.41, 5.74) is 1.26. The van der Waals surface area contributed by atoms with Crippen LogP contribution in [-0.4, -0.2) is 11.5 Å². The van der Waals surface area contributed by atoms with Crippen molar-refractivity contribution in [2.24, 2.45) is 0 Å². The van der Waals surface area contributed by atoms with Crippen LogP contribution < -0.4 is 5.32 Å². The molecule has 1 unspecified atom stereocenters. The van der Waals surface area contributed by atoms with E-state index in [9.17, 15) is 0 Å². The smallest absolute Gasteiger partial charge is 0.260 e. The highest BCUT2D eigenvalue weighted by atomic mass is 79.9. The van der Waals surface area contributed by atoms with Crippen LogP contribution in [0.5, 0.6) is 0 Å². The van der Waals surface area contributed by atoms with Crippen molar-refractivity contribution in [3.05, 3.63) is 40.7 Å². The first-order valence-corrected chi connectivity index (χ1v) is 7.92. The van der Waals surface area contributed by atoms with Crippen molar-refractivity contribution >= 4 is 27.7 Å². The summed E-state index contributed by atoms with van der Waals surface area (Å²) in [4.78, 5) is 5.32. The molecule has 19 heavy (non-hydrogen) atoms. The van der Waals surface area contributed by atoms with Crippen LogP contribution in [0.15, 0.2) is 49.7 Å². The van der Waals surface area contributed by atoms with Gasteiger partial charge in [0.15, 0.2) is 0 Å². The van der Waals surface area contributed by atoms with Gasteiger partial charge in [0.1, 0.15) is 6.26 Å². The summed E-state index contributed by atoms with van der Waals surface area (Å²) in [6, 6.07) is 6.63. The van der Waals surface area contributed by atoms with Crippen LogP contribution >= 0.6 is 27.7 Å². The molecule has 0 spiro atoms. The van der Waals surface area contributed by atoms with Crippen LogP contribution in [0.2, 0.25) is 0 Å². The molecule has 102 valence electrons. The zero-order valence-electron chi connectivity index (χ0n) is 11.0. The third-order valence-electron chi connectivity index (χ3n) is 2.75. The molecule has 0 fully saturated rings. The molecule has 0 amide bonds. The molecule has 2 aromatic rings. The van der Waals surface area contributed by atoms with Crippen LogP contribution in [0.25, 0.3) is 0 Å². The minimum Gasteiger partial charge on any atom is -0.440 e. The maximum Gasteiger partial charge on any atom is 0.260 e. The standard InChI is InChI=1S/C14H17BrN2OS/c1-3-6-16-10(2)12-5-4-11(15)9-13(12)19-14-17-7-8-18-14/h4-5,7-10,16H,3,6H2,1-2H3. The highest BCUT2D eigenvalue weighted by Crippen LogP contribution is 2.34. The average Bonchev–Trinajstić information content (AvgIpc) is 2.89. The second-order valence-electron chi connectivity index (χ2n) is 4.26. The van der Waals surface area contributed by atoms with Crippen molar-refractivity contribution in [2.75, 3.05) is 6.54 Å². The van der Waals surface area contributed by atoms with Crippen molar-refractivity contribution in [3.63, 3.8) is 0 Å². The van der Waals surface area contributed by atoms with Gasteiger partial charge in [-0.25, -0.2) is 4.98 Å².